The fourth-order valence-corrected chi connectivity index (χ4v) is 1.54. The minimum atomic E-state index is 0.669. The van der Waals surface area contributed by atoms with Crippen molar-refractivity contribution in [2.45, 2.75) is 26.4 Å². The lowest BCUT2D eigenvalue weighted by atomic mass is 10.2. The molecule has 0 unspecified atom stereocenters. The van der Waals surface area contributed by atoms with Crippen LogP contribution in [0.4, 0.5) is 0 Å². The van der Waals surface area contributed by atoms with Crippen molar-refractivity contribution in [3.8, 4) is 0 Å². The Hall–Kier alpha value is -1.75. The first-order chi connectivity index (χ1) is 8.38. The van der Waals surface area contributed by atoms with Gasteiger partial charge in [0.25, 0.3) is 0 Å². The molecule has 5 nitrogen and oxygen atoms in total. The Morgan fingerprint density at radius 1 is 1.35 bits per heavy atom. The van der Waals surface area contributed by atoms with Gasteiger partial charge in [-0.3, -0.25) is 4.98 Å². The molecule has 0 spiro atoms. The molecule has 0 amide bonds. The molecule has 5 heteroatoms. The summed E-state index contributed by atoms with van der Waals surface area (Å²) in [4.78, 5) is 8.30. The van der Waals surface area contributed by atoms with E-state index < -0.39 is 0 Å². The van der Waals surface area contributed by atoms with Gasteiger partial charge in [0, 0.05) is 12.7 Å². The van der Waals surface area contributed by atoms with E-state index >= 15 is 0 Å². The number of pyridine rings is 1. The van der Waals surface area contributed by atoms with Gasteiger partial charge in [-0.15, -0.1) is 0 Å². The van der Waals surface area contributed by atoms with Crippen molar-refractivity contribution in [3.63, 3.8) is 0 Å². The molecule has 2 heterocycles. The second-order valence-corrected chi connectivity index (χ2v) is 3.93. The van der Waals surface area contributed by atoms with Crippen LogP contribution in [0.2, 0.25) is 0 Å². The molecule has 0 aliphatic rings. The van der Waals surface area contributed by atoms with Crippen LogP contribution < -0.4 is 5.32 Å². The maximum atomic E-state index is 4.40. The molecular weight excluding hydrogens is 214 g/mol. The Morgan fingerprint density at radius 3 is 2.94 bits per heavy atom. The van der Waals surface area contributed by atoms with Crippen molar-refractivity contribution >= 4 is 0 Å². The van der Waals surface area contributed by atoms with Gasteiger partial charge in [0.05, 0.1) is 12.2 Å². The highest BCUT2D eigenvalue weighted by Crippen LogP contribution is 2.01. The summed E-state index contributed by atoms with van der Waals surface area (Å²) in [6, 6.07) is 4.13. The summed E-state index contributed by atoms with van der Waals surface area (Å²) in [6.07, 6.45) is 6.29. The lowest BCUT2D eigenvalue weighted by molar-refractivity contribution is 0.661. The monoisotopic (exact) mass is 231 g/mol. The Morgan fingerprint density at radius 2 is 2.29 bits per heavy atom. The Labute approximate surface area is 101 Å². The fraction of sp³-hybridized carbons (Fsp3) is 0.417. The summed E-state index contributed by atoms with van der Waals surface area (Å²) < 4.78 is 1.76. The summed E-state index contributed by atoms with van der Waals surface area (Å²) >= 11 is 0. The van der Waals surface area contributed by atoms with Crippen LogP contribution in [-0.2, 0) is 13.1 Å². The molecular formula is C12H17N5. The highest BCUT2D eigenvalue weighted by Gasteiger charge is 1.98. The van der Waals surface area contributed by atoms with Crippen molar-refractivity contribution in [1.82, 2.24) is 25.1 Å². The molecule has 90 valence electrons. The number of nitrogens with one attached hydrogen (secondary N) is 1. The van der Waals surface area contributed by atoms with Gasteiger partial charge >= 0.3 is 0 Å². The number of aromatic nitrogens is 4. The van der Waals surface area contributed by atoms with Gasteiger partial charge < -0.3 is 5.32 Å². The van der Waals surface area contributed by atoms with Crippen molar-refractivity contribution in [3.05, 3.63) is 42.2 Å². The van der Waals surface area contributed by atoms with E-state index in [9.17, 15) is 0 Å². The lowest BCUT2D eigenvalue weighted by Gasteiger charge is -2.04. The smallest absolute Gasteiger partial charge is 0.137 e. The highest BCUT2D eigenvalue weighted by atomic mass is 15.3. The van der Waals surface area contributed by atoms with Crippen LogP contribution in [-0.4, -0.2) is 26.3 Å². The molecule has 2 rings (SSSR count). The highest BCUT2D eigenvalue weighted by molar-refractivity contribution is 5.14. The van der Waals surface area contributed by atoms with Crippen molar-refractivity contribution in [2.75, 3.05) is 6.54 Å². The number of rotatable bonds is 6. The van der Waals surface area contributed by atoms with Crippen LogP contribution >= 0.6 is 0 Å². The van der Waals surface area contributed by atoms with Gasteiger partial charge in [-0.25, -0.2) is 9.67 Å². The first kappa shape index (κ1) is 11.7. The minimum Gasteiger partial charge on any atom is -0.313 e. The number of nitrogens with zero attached hydrogens (tertiary/aromatic N) is 4. The summed E-state index contributed by atoms with van der Waals surface area (Å²) in [5.41, 5.74) is 2.20. The first-order valence-electron chi connectivity index (χ1n) is 5.85. The molecule has 0 atom stereocenters. The van der Waals surface area contributed by atoms with E-state index in [0.717, 1.165) is 25.2 Å². The van der Waals surface area contributed by atoms with Crippen molar-refractivity contribution in [2.24, 2.45) is 0 Å². The van der Waals surface area contributed by atoms with Gasteiger partial charge in [0.2, 0.25) is 0 Å². The lowest BCUT2D eigenvalue weighted by Crippen LogP contribution is -2.14. The van der Waals surface area contributed by atoms with E-state index in [0.29, 0.717) is 6.54 Å². The normalized spacial score (nSPS) is 10.6. The van der Waals surface area contributed by atoms with E-state index in [1.165, 1.54) is 11.9 Å². The summed E-state index contributed by atoms with van der Waals surface area (Å²) in [7, 11) is 0. The summed E-state index contributed by atoms with van der Waals surface area (Å²) in [6.45, 7) is 4.75. The van der Waals surface area contributed by atoms with E-state index in [-0.39, 0.29) is 0 Å². The van der Waals surface area contributed by atoms with E-state index in [2.05, 4.69) is 33.4 Å². The Balaban J connectivity index is 1.89. The van der Waals surface area contributed by atoms with Crippen LogP contribution in [0.25, 0.3) is 0 Å². The number of hydrogen-bond donors (Lipinski definition) is 1. The summed E-state index contributed by atoms with van der Waals surface area (Å²) in [5.74, 6) is 0. The third kappa shape index (κ3) is 3.64. The van der Waals surface area contributed by atoms with Crippen LogP contribution in [0.1, 0.15) is 24.6 Å². The zero-order valence-corrected chi connectivity index (χ0v) is 10.0. The van der Waals surface area contributed by atoms with Crippen LogP contribution in [0.3, 0.4) is 0 Å². The van der Waals surface area contributed by atoms with Crippen molar-refractivity contribution < 1.29 is 0 Å². The number of hydrogen-bond acceptors (Lipinski definition) is 4. The minimum absolute atomic E-state index is 0.669. The van der Waals surface area contributed by atoms with Crippen LogP contribution in [0.5, 0.6) is 0 Å². The topological polar surface area (TPSA) is 55.6 Å². The molecule has 0 saturated heterocycles. The largest absolute Gasteiger partial charge is 0.313 e. The van der Waals surface area contributed by atoms with E-state index in [1.54, 1.807) is 11.0 Å². The Kier molecular flexibility index (Phi) is 4.21. The van der Waals surface area contributed by atoms with Gasteiger partial charge in [-0.05, 0) is 24.6 Å². The molecule has 17 heavy (non-hydrogen) atoms. The molecule has 0 radical (unpaired) electrons. The molecule has 0 fully saturated rings. The molecule has 2 aromatic heterocycles. The van der Waals surface area contributed by atoms with Gasteiger partial charge in [-0.2, -0.15) is 5.10 Å². The third-order valence-electron chi connectivity index (χ3n) is 2.43. The van der Waals surface area contributed by atoms with E-state index in [1.807, 2.05) is 12.3 Å². The quantitative estimate of drug-likeness (QED) is 0.759. The maximum absolute atomic E-state index is 4.40. The predicted molar refractivity (Wildman–Crippen MR) is 65.4 cm³/mol. The standard InChI is InChI=1S/C12H17N5/c1-2-5-13-6-11-3-4-12(15-7-11)8-17-10-14-9-16-17/h3-4,7,9-10,13H,2,5-6,8H2,1H3. The SMILES string of the molecule is CCCNCc1ccc(Cn2cncn2)nc1. The average Bonchev–Trinajstić information content (AvgIpc) is 2.85. The molecule has 0 bridgehead atoms. The van der Waals surface area contributed by atoms with E-state index in [4.69, 9.17) is 0 Å². The predicted octanol–water partition coefficient (Wildman–Crippen LogP) is 1.22. The van der Waals surface area contributed by atoms with Gasteiger partial charge in [-0.1, -0.05) is 13.0 Å². The second-order valence-electron chi connectivity index (χ2n) is 3.93. The fourth-order valence-electron chi connectivity index (χ4n) is 1.54. The molecule has 0 aliphatic heterocycles. The zero-order chi connectivity index (χ0) is 11.9. The van der Waals surface area contributed by atoms with Gasteiger partial charge in [0.1, 0.15) is 12.7 Å². The molecule has 0 aliphatic carbocycles. The molecule has 0 aromatic carbocycles. The van der Waals surface area contributed by atoms with Crippen LogP contribution in [0, 0.1) is 0 Å². The maximum Gasteiger partial charge on any atom is 0.137 e. The second kappa shape index (κ2) is 6.10. The molecule has 1 N–H and O–H groups in total. The van der Waals surface area contributed by atoms with Gasteiger partial charge in [0.15, 0.2) is 0 Å². The molecule has 0 saturated carbocycles. The Bertz CT molecular complexity index is 421. The molecule has 2 aromatic rings. The van der Waals surface area contributed by atoms with Crippen molar-refractivity contribution in [1.29, 1.82) is 0 Å². The summed E-state index contributed by atoms with van der Waals surface area (Å²) in [5, 5.41) is 7.40. The van der Waals surface area contributed by atoms with Crippen LogP contribution in [0.15, 0.2) is 31.0 Å². The first-order valence-corrected chi connectivity index (χ1v) is 5.85. The third-order valence-corrected chi connectivity index (χ3v) is 2.43. The zero-order valence-electron chi connectivity index (χ0n) is 10.0. The average molecular weight is 231 g/mol.